The van der Waals surface area contributed by atoms with Gasteiger partial charge in [-0.1, -0.05) is 18.2 Å². The Morgan fingerprint density at radius 3 is 2.20 bits per heavy atom. The number of rotatable bonds is 6. The van der Waals surface area contributed by atoms with Gasteiger partial charge < -0.3 is 0 Å². The molecular weight excluding hydrogens is 430 g/mol. The topological polar surface area (TPSA) is 121 Å². The van der Waals surface area contributed by atoms with Crippen molar-refractivity contribution in [1.82, 2.24) is 4.90 Å². The third kappa shape index (κ3) is 3.65. The first-order valence-electron chi connectivity index (χ1n) is 9.13. The SMILES string of the molecule is CS(=O)(=O)N1CCc2ccc(NS(=O)(=O)CCN3C(=O)c4ccccc4C3=O)cc21. The smallest absolute Gasteiger partial charge is 0.261 e. The summed E-state index contributed by atoms with van der Waals surface area (Å²) in [6, 6.07) is 11.1. The van der Waals surface area contributed by atoms with Gasteiger partial charge in [-0.2, -0.15) is 0 Å². The van der Waals surface area contributed by atoms with E-state index in [9.17, 15) is 26.4 Å². The van der Waals surface area contributed by atoms with Gasteiger partial charge in [0, 0.05) is 13.1 Å². The molecule has 2 aromatic rings. The number of amides is 2. The summed E-state index contributed by atoms with van der Waals surface area (Å²) in [4.78, 5) is 25.7. The van der Waals surface area contributed by atoms with Crippen LogP contribution in [-0.4, -0.2) is 58.6 Å². The van der Waals surface area contributed by atoms with Gasteiger partial charge in [0.1, 0.15) is 0 Å². The molecule has 0 saturated heterocycles. The van der Waals surface area contributed by atoms with E-state index in [-0.39, 0.29) is 23.4 Å². The van der Waals surface area contributed by atoms with Crippen molar-refractivity contribution in [1.29, 1.82) is 0 Å². The van der Waals surface area contributed by atoms with Crippen LogP contribution in [0, 0.1) is 0 Å². The molecule has 0 aliphatic carbocycles. The maximum absolute atomic E-state index is 12.5. The fourth-order valence-corrected chi connectivity index (χ4v) is 5.60. The molecule has 0 atom stereocenters. The highest BCUT2D eigenvalue weighted by atomic mass is 32.2. The van der Waals surface area contributed by atoms with Crippen LogP contribution in [0.2, 0.25) is 0 Å². The van der Waals surface area contributed by atoms with Crippen LogP contribution in [0.5, 0.6) is 0 Å². The van der Waals surface area contributed by atoms with E-state index < -0.39 is 37.6 Å². The Hall–Kier alpha value is -2.92. The molecule has 158 valence electrons. The highest BCUT2D eigenvalue weighted by molar-refractivity contribution is 7.92. The Kier molecular flexibility index (Phi) is 4.82. The molecule has 2 heterocycles. The number of nitrogens with zero attached hydrogens (tertiary/aromatic N) is 2. The standard InChI is InChI=1S/C19H19N3O6S2/c1-29(25,26)22-9-8-13-6-7-14(12-17(13)22)20-30(27,28)11-10-21-18(23)15-4-2-3-5-16(15)19(21)24/h2-7,12,20H,8-11H2,1H3. The molecule has 9 nitrogen and oxygen atoms in total. The van der Waals surface area contributed by atoms with Crippen molar-refractivity contribution in [3.8, 4) is 0 Å². The maximum Gasteiger partial charge on any atom is 0.261 e. The number of carbonyl (C=O) groups is 2. The van der Waals surface area contributed by atoms with E-state index in [2.05, 4.69) is 4.72 Å². The Bertz CT molecular complexity index is 1240. The van der Waals surface area contributed by atoms with E-state index in [1.807, 2.05) is 0 Å². The molecule has 2 aliphatic rings. The van der Waals surface area contributed by atoms with Gasteiger partial charge >= 0.3 is 0 Å². The number of benzene rings is 2. The molecule has 2 amide bonds. The third-order valence-corrected chi connectivity index (χ3v) is 7.52. The minimum Gasteiger partial charge on any atom is -0.283 e. The Labute approximate surface area is 174 Å². The minimum atomic E-state index is -3.89. The fraction of sp³-hybridized carbons (Fsp3) is 0.263. The van der Waals surface area contributed by atoms with Crippen molar-refractivity contribution in [3.05, 3.63) is 59.2 Å². The second-order valence-electron chi connectivity index (χ2n) is 7.16. The molecule has 0 fully saturated rings. The van der Waals surface area contributed by atoms with Gasteiger partial charge in [-0.3, -0.25) is 23.5 Å². The number of sulfonamides is 2. The summed E-state index contributed by atoms with van der Waals surface area (Å²) in [5, 5.41) is 0. The zero-order valence-corrected chi connectivity index (χ0v) is 17.7. The first kappa shape index (κ1) is 20.4. The molecular formula is C19H19N3O6S2. The molecule has 0 aromatic heterocycles. The lowest BCUT2D eigenvalue weighted by molar-refractivity contribution is 0.0664. The summed E-state index contributed by atoms with van der Waals surface area (Å²) >= 11 is 0. The van der Waals surface area contributed by atoms with Crippen LogP contribution in [0.25, 0.3) is 0 Å². The zero-order chi connectivity index (χ0) is 21.7. The highest BCUT2D eigenvalue weighted by Crippen LogP contribution is 2.33. The average Bonchev–Trinajstić information content (AvgIpc) is 3.20. The second kappa shape index (κ2) is 7.10. The van der Waals surface area contributed by atoms with Crippen LogP contribution < -0.4 is 9.03 Å². The van der Waals surface area contributed by atoms with E-state index in [0.29, 0.717) is 18.7 Å². The van der Waals surface area contributed by atoms with Gasteiger partial charge in [0.05, 0.1) is 34.5 Å². The van der Waals surface area contributed by atoms with E-state index in [4.69, 9.17) is 0 Å². The third-order valence-electron chi connectivity index (χ3n) is 5.07. The molecule has 30 heavy (non-hydrogen) atoms. The summed E-state index contributed by atoms with van der Waals surface area (Å²) in [6.07, 6.45) is 1.65. The highest BCUT2D eigenvalue weighted by Gasteiger charge is 2.35. The van der Waals surface area contributed by atoms with Crippen molar-refractivity contribution < 1.29 is 26.4 Å². The minimum absolute atomic E-state index is 0.215. The fourth-order valence-electron chi connectivity index (χ4n) is 3.64. The molecule has 1 N–H and O–H groups in total. The second-order valence-corrected chi connectivity index (χ2v) is 10.9. The normalized spacial score (nSPS) is 16.0. The number of nitrogens with one attached hydrogen (secondary N) is 1. The lowest BCUT2D eigenvalue weighted by Crippen LogP contribution is -2.35. The number of anilines is 2. The van der Waals surface area contributed by atoms with E-state index in [1.54, 1.807) is 24.3 Å². The Balaban J connectivity index is 1.48. The molecule has 0 saturated carbocycles. The van der Waals surface area contributed by atoms with Crippen molar-refractivity contribution in [3.63, 3.8) is 0 Å². The van der Waals surface area contributed by atoms with Crippen LogP contribution in [0.3, 0.4) is 0 Å². The first-order chi connectivity index (χ1) is 14.1. The Morgan fingerprint density at radius 2 is 1.60 bits per heavy atom. The van der Waals surface area contributed by atoms with Gasteiger partial charge in [0.25, 0.3) is 11.8 Å². The molecule has 4 rings (SSSR count). The molecule has 0 unspecified atom stereocenters. The van der Waals surface area contributed by atoms with Crippen molar-refractivity contribution >= 4 is 43.2 Å². The molecule has 11 heteroatoms. The molecule has 2 aromatic carbocycles. The van der Waals surface area contributed by atoms with Gasteiger partial charge in [-0.25, -0.2) is 16.8 Å². The average molecular weight is 450 g/mol. The number of hydrogen-bond acceptors (Lipinski definition) is 6. The Morgan fingerprint density at radius 1 is 0.967 bits per heavy atom. The maximum atomic E-state index is 12.5. The predicted molar refractivity (Wildman–Crippen MR) is 112 cm³/mol. The van der Waals surface area contributed by atoms with Crippen LogP contribution in [0.4, 0.5) is 11.4 Å². The summed E-state index contributed by atoms with van der Waals surface area (Å²) < 4.78 is 52.5. The quantitative estimate of drug-likeness (QED) is 0.658. The lowest BCUT2D eigenvalue weighted by Gasteiger charge is -2.18. The van der Waals surface area contributed by atoms with Gasteiger partial charge in [0.2, 0.25) is 20.0 Å². The molecule has 2 aliphatic heterocycles. The van der Waals surface area contributed by atoms with Gasteiger partial charge in [0.15, 0.2) is 0 Å². The van der Waals surface area contributed by atoms with Crippen molar-refractivity contribution in [2.45, 2.75) is 6.42 Å². The van der Waals surface area contributed by atoms with Crippen LogP contribution in [0.15, 0.2) is 42.5 Å². The summed E-state index contributed by atoms with van der Waals surface area (Å²) in [5.41, 5.74) is 1.98. The molecule has 0 bridgehead atoms. The lowest BCUT2D eigenvalue weighted by atomic mass is 10.1. The van der Waals surface area contributed by atoms with Crippen LogP contribution in [0.1, 0.15) is 26.3 Å². The van der Waals surface area contributed by atoms with E-state index >= 15 is 0 Å². The van der Waals surface area contributed by atoms with Crippen LogP contribution >= 0.6 is 0 Å². The van der Waals surface area contributed by atoms with E-state index in [0.717, 1.165) is 16.7 Å². The summed E-state index contributed by atoms with van der Waals surface area (Å²) in [7, 11) is -7.35. The summed E-state index contributed by atoms with van der Waals surface area (Å²) in [5.74, 6) is -1.52. The number of imide groups is 1. The van der Waals surface area contributed by atoms with Crippen molar-refractivity contribution in [2.24, 2.45) is 0 Å². The van der Waals surface area contributed by atoms with Gasteiger partial charge in [-0.15, -0.1) is 0 Å². The molecule has 0 spiro atoms. The first-order valence-corrected chi connectivity index (χ1v) is 12.6. The van der Waals surface area contributed by atoms with E-state index in [1.165, 1.54) is 22.5 Å². The predicted octanol–water partition coefficient (Wildman–Crippen LogP) is 1.05. The summed E-state index contributed by atoms with van der Waals surface area (Å²) in [6.45, 7) is 0.0200. The monoisotopic (exact) mass is 449 g/mol. The van der Waals surface area contributed by atoms with Crippen molar-refractivity contribution in [2.75, 3.05) is 34.1 Å². The number of hydrogen-bond donors (Lipinski definition) is 1. The number of fused-ring (bicyclic) bond motifs is 2. The van der Waals surface area contributed by atoms with Crippen LogP contribution in [-0.2, 0) is 26.5 Å². The number of carbonyl (C=O) groups excluding carboxylic acids is 2. The largest absolute Gasteiger partial charge is 0.283 e. The zero-order valence-electron chi connectivity index (χ0n) is 16.0. The van der Waals surface area contributed by atoms with Gasteiger partial charge in [-0.05, 0) is 36.2 Å². The molecule has 0 radical (unpaired) electrons.